The predicted molar refractivity (Wildman–Crippen MR) is 36.7 cm³/mol. The molecule has 0 heterocycles. The van der Waals surface area contributed by atoms with Crippen molar-refractivity contribution in [3.8, 4) is 12.1 Å². The number of hydrogen-bond donors (Lipinski definition) is 0. The van der Waals surface area contributed by atoms with Gasteiger partial charge in [-0.2, -0.15) is 10.5 Å². The van der Waals surface area contributed by atoms with Crippen LogP contribution < -0.4 is 0 Å². The van der Waals surface area contributed by atoms with Crippen molar-refractivity contribution < 1.29 is 0 Å². The lowest BCUT2D eigenvalue weighted by Gasteiger charge is -2.19. The van der Waals surface area contributed by atoms with Gasteiger partial charge in [0.15, 0.2) is 0 Å². The molecule has 0 saturated heterocycles. The van der Waals surface area contributed by atoms with Crippen LogP contribution in [0.1, 0.15) is 25.7 Å². The van der Waals surface area contributed by atoms with Crippen molar-refractivity contribution in [3.05, 3.63) is 0 Å². The van der Waals surface area contributed by atoms with Gasteiger partial charge in [-0.1, -0.05) is 12.8 Å². The SMILES string of the molecule is N#C[C@@H]1CCCC[C@@H]1C#N. The Bertz CT molecular complexity index is 162. The summed E-state index contributed by atoms with van der Waals surface area (Å²) in [5, 5.41) is 17.2. The molecule has 1 rings (SSSR count). The molecule has 1 aliphatic carbocycles. The first-order valence-electron chi connectivity index (χ1n) is 3.67. The molecule has 0 unspecified atom stereocenters. The molecular weight excluding hydrogens is 124 g/mol. The lowest BCUT2D eigenvalue weighted by atomic mass is 9.81. The normalized spacial score (nSPS) is 32.2. The summed E-state index contributed by atoms with van der Waals surface area (Å²) in [6.07, 6.45) is 4.09. The zero-order valence-corrected chi connectivity index (χ0v) is 5.88. The lowest BCUT2D eigenvalue weighted by molar-refractivity contribution is 0.352. The molecule has 10 heavy (non-hydrogen) atoms. The molecule has 0 aromatic rings. The van der Waals surface area contributed by atoms with E-state index in [2.05, 4.69) is 12.1 Å². The van der Waals surface area contributed by atoms with E-state index in [9.17, 15) is 0 Å². The Hall–Kier alpha value is -1.02. The molecule has 0 amide bonds. The second-order valence-electron chi connectivity index (χ2n) is 2.76. The van der Waals surface area contributed by atoms with Crippen molar-refractivity contribution in [1.82, 2.24) is 0 Å². The summed E-state index contributed by atoms with van der Waals surface area (Å²) in [5.74, 6) is 0.0255. The van der Waals surface area contributed by atoms with Crippen LogP contribution in [0.2, 0.25) is 0 Å². The standard InChI is InChI=1S/C8H10N2/c9-5-7-3-1-2-4-8(7)6-10/h7-8H,1-4H2/t7-,8+. The van der Waals surface area contributed by atoms with Crippen LogP contribution in [-0.4, -0.2) is 0 Å². The predicted octanol–water partition coefficient (Wildman–Crippen LogP) is 1.84. The van der Waals surface area contributed by atoms with Gasteiger partial charge in [-0.15, -0.1) is 0 Å². The minimum absolute atomic E-state index is 0.0127. The van der Waals surface area contributed by atoms with Gasteiger partial charge in [-0.05, 0) is 12.8 Å². The van der Waals surface area contributed by atoms with Gasteiger partial charge in [0.05, 0.1) is 24.0 Å². The van der Waals surface area contributed by atoms with Crippen molar-refractivity contribution in [2.75, 3.05) is 0 Å². The van der Waals surface area contributed by atoms with E-state index < -0.39 is 0 Å². The van der Waals surface area contributed by atoms with Gasteiger partial charge in [0, 0.05) is 0 Å². The van der Waals surface area contributed by atoms with E-state index in [0.29, 0.717) is 0 Å². The average Bonchev–Trinajstić information content (AvgIpc) is 2.04. The Morgan fingerprint density at radius 1 is 0.900 bits per heavy atom. The van der Waals surface area contributed by atoms with Crippen LogP contribution >= 0.6 is 0 Å². The first-order valence-corrected chi connectivity index (χ1v) is 3.67. The fourth-order valence-corrected chi connectivity index (χ4v) is 1.44. The molecule has 0 aromatic carbocycles. The van der Waals surface area contributed by atoms with Crippen LogP contribution in [-0.2, 0) is 0 Å². The maximum atomic E-state index is 8.59. The number of rotatable bonds is 0. The molecule has 1 aliphatic rings. The quantitative estimate of drug-likeness (QED) is 0.507. The van der Waals surface area contributed by atoms with Crippen LogP contribution in [0.5, 0.6) is 0 Å². The zero-order valence-electron chi connectivity index (χ0n) is 5.88. The molecule has 0 spiro atoms. The second-order valence-corrected chi connectivity index (χ2v) is 2.76. The summed E-state index contributed by atoms with van der Waals surface area (Å²) in [4.78, 5) is 0. The van der Waals surface area contributed by atoms with E-state index in [1.807, 2.05) is 0 Å². The van der Waals surface area contributed by atoms with Gasteiger partial charge >= 0.3 is 0 Å². The Kier molecular flexibility index (Phi) is 2.29. The van der Waals surface area contributed by atoms with E-state index in [1.165, 1.54) is 0 Å². The Balaban J connectivity index is 2.54. The summed E-state index contributed by atoms with van der Waals surface area (Å²) < 4.78 is 0. The summed E-state index contributed by atoms with van der Waals surface area (Å²) in [6, 6.07) is 4.36. The third-order valence-corrected chi connectivity index (χ3v) is 2.10. The van der Waals surface area contributed by atoms with Crippen molar-refractivity contribution >= 4 is 0 Å². The van der Waals surface area contributed by atoms with Crippen LogP contribution in [0.4, 0.5) is 0 Å². The summed E-state index contributed by atoms with van der Waals surface area (Å²) in [5.41, 5.74) is 0. The molecule has 0 radical (unpaired) electrons. The highest BCUT2D eigenvalue weighted by atomic mass is 14.4. The third-order valence-electron chi connectivity index (χ3n) is 2.10. The maximum Gasteiger partial charge on any atom is 0.0669 e. The van der Waals surface area contributed by atoms with Gasteiger partial charge in [-0.3, -0.25) is 0 Å². The fraction of sp³-hybridized carbons (Fsp3) is 0.750. The smallest absolute Gasteiger partial charge is 0.0669 e. The van der Waals surface area contributed by atoms with E-state index in [1.54, 1.807) is 0 Å². The van der Waals surface area contributed by atoms with Gasteiger partial charge in [-0.25, -0.2) is 0 Å². The third kappa shape index (κ3) is 1.28. The fourth-order valence-electron chi connectivity index (χ4n) is 1.44. The molecule has 1 saturated carbocycles. The van der Waals surface area contributed by atoms with Gasteiger partial charge in [0.1, 0.15) is 0 Å². The lowest BCUT2D eigenvalue weighted by Crippen LogP contribution is -2.15. The molecule has 0 aromatic heterocycles. The minimum atomic E-state index is 0.0127. The number of nitriles is 2. The van der Waals surface area contributed by atoms with Crippen LogP contribution in [0.25, 0.3) is 0 Å². The highest BCUT2D eigenvalue weighted by Gasteiger charge is 2.23. The Morgan fingerprint density at radius 2 is 1.30 bits per heavy atom. The zero-order chi connectivity index (χ0) is 7.40. The summed E-state index contributed by atoms with van der Waals surface area (Å²) in [6.45, 7) is 0. The van der Waals surface area contributed by atoms with Crippen molar-refractivity contribution in [3.63, 3.8) is 0 Å². The first kappa shape index (κ1) is 7.09. The molecule has 2 heteroatoms. The van der Waals surface area contributed by atoms with E-state index >= 15 is 0 Å². The molecule has 0 N–H and O–H groups in total. The number of hydrogen-bond acceptors (Lipinski definition) is 2. The first-order chi connectivity index (χ1) is 4.88. The van der Waals surface area contributed by atoms with Crippen LogP contribution in [0.3, 0.4) is 0 Å². The van der Waals surface area contributed by atoms with E-state index in [0.717, 1.165) is 25.7 Å². The van der Waals surface area contributed by atoms with Crippen LogP contribution in [0, 0.1) is 34.5 Å². The summed E-state index contributed by atoms with van der Waals surface area (Å²) in [7, 11) is 0. The minimum Gasteiger partial charge on any atom is -0.198 e. The highest BCUT2D eigenvalue weighted by Crippen LogP contribution is 2.28. The second kappa shape index (κ2) is 3.22. The van der Waals surface area contributed by atoms with E-state index in [-0.39, 0.29) is 11.8 Å². The van der Waals surface area contributed by atoms with Gasteiger partial charge < -0.3 is 0 Å². The average molecular weight is 134 g/mol. The number of nitrogens with zero attached hydrogens (tertiary/aromatic N) is 2. The summed E-state index contributed by atoms with van der Waals surface area (Å²) >= 11 is 0. The molecule has 2 nitrogen and oxygen atoms in total. The maximum absolute atomic E-state index is 8.59. The molecule has 0 aliphatic heterocycles. The monoisotopic (exact) mass is 134 g/mol. The molecule has 2 atom stereocenters. The van der Waals surface area contributed by atoms with Gasteiger partial charge in [0.25, 0.3) is 0 Å². The molecule has 52 valence electrons. The van der Waals surface area contributed by atoms with Gasteiger partial charge in [0.2, 0.25) is 0 Å². The Labute approximate surface area is 61.1 Å². The van der Waals surface area contributed by atoms with Crippen molar-refractivity contribution in [2.24, 2.45) is 11.8 Å². The topological polar surface area (TPSA) is 47.6 Å². The molecule has 1 fully saturated rings. The van der Waals surface area contributed by atoms with Crippen molar-refractivity contribution in [1.29, 1.82) is 10.5 Å². The Morgan fingerprint density at radius 3 is 1.60 bits per heavy atom. The largest absolute Gasteiger partial charge is 0.198 e. The van der Waals surface area contributed by atoms with Crippen LogP contribution in [0.15, 0.2) is 0 Å². The highest BCUT2D eigenvalue weighted by molar-refractivity contribution is 4.99. The van der Waals surface area contributed by atoms with E-state index in [4.69, 9.17) is 10.5 Å². The van der Waals surface area contributed by atoms with Crippen molar-refractivity contribution in [2.45, 2.75) is 25.7 Å². The molecular formula is C8H10N2. The molecule has 0 bridgehead atoms.